The Labute approximate surface area is 108 Å². The smallest absolute Gasteiger partial charge is 0.246 e. The molecule has 0 radical (unpaired) electrons. The van der Waals surface area contributed by atoms with E-state index in [1.54, 1.807) is 0 Å². The number of hydrogen-bond donors (Lipinski definition) is 2. The zero-order valence-electron chi connectivity index (χ0n) is 10.9. The Hall–Kier alpha value is -1.34. The molecule has 1 atom stereocenters. The fourth-order valence-corrected chi connectivity index (χ4v) is 2.46. The van der Waals surface area contributed by atoms with E-state index in [2.05, 4.69) is 16.4 Å². The molecule has 0 aliphatic heterocycles. The molecule has 0 aliphatic carbocycles. The van der Waals surface area contributed by atoms with Crippen molar-refractivity contribution < 1.29 is 8.42 Å². The van der Waals surface area contributed by atoms with Crippen LogP contribution < -0.4 is 10.5 Å². The standard InChI is InChI=1S/C11H20N4O2S/c1-5-6-14-18(16,17)10-7-13-15(11(10)12)9(4)8(2)3/h5,7-9,14H,1,6,12H2,2-4H3. The largest absolute Gasteiger partial charge is 0.383 e. The number of nitrogens with zero attached hydrogens (tertiary/aromatic N) is 2. The van der Waals surface area contributed by atoms with Crippen molar-refractivity contribution in [2.24, 2.45) is 5.92 Å². The van der Waals surface area contributed by atoms with Gasteiger partial charge in [0.15, 0.2) is 0 Å². The molecule has 18 heavy (non-hydrogen) atoms. The third-order valence-corrected chi connectivity index (χ3v) is 4.30. The van der Waals surface area contributed by atoms with Crippen LogP contribution in [-0.4, -0.2) is 24.7 Å². The molecule has 3 N–H and O–H groups in total. The highest BCUT2D eigenvalue weighted by Gasteiger charge is 2.23. The highest BCUT2D eigenvalue weighted by atomic mass is 32.2. The summed E-state index contributed by atoms with van der Waals surface area (Å²) in [4.78, 5) is 0.0110. The molecule has 0 spiro atoms. The molecule has 0 amide bonds. The summed E-state index contributed by atoms with van der Waals surface area (Å²) in [7, 11) is -3.62. The molecule has 0 aromatic carbocycles. The van der Waals surface area contributed by atoms with Crippen molar-refractivity contribution in [2.45, 2.75) is 31.7 Å². The van der Waals surface area contributed by atoms with Crippen LogP contribution in [0.3, 0.4) is 0 Å². The predicted molar refractivity (Wildman–Crippen MR) is 71.6 cm³/mol. The van der Waals surface area contributed by atoms with Gasteiger partial charge in [-0.1, -0.05) is 19.9 Å². The number of hydrogen-bond acceptors (Lipinski definition) is 4. The first-order valence-corrected chi connectivity index (χ1v) is 7.23. The molecular formula is C11H20N4O2S. The number of sulfonamides is 1. The lowest BCUT2D eigenvalue weighted by molar-refractivity contribution is 0.380. The van der Waals surface area contributed by atoms with Gasteiger partial charge in [-0.3, -0.25) is 0 Å². The number of rotatable bonds is 6. The van der Waals surface area contributed by atoms with Crippen molar-refractivity contribution in [1.29, 1.82) is 0 Å². The molecule has 1 aromatic rings. The minimum Gasteiger partial charge on any atom is -0.383 e. The summed E-state index contributed by atoms with van der Waals surface area (Å²) < 4.78 is 27.8. The van der Waals surface area contributed by atoms with E-state index in [0.29, 0.717) is 5.92 Å². The normalized spacial score (nSPS) is 13.8. The van der Waals surface area contributed by atoms with Gasteiger partial charge in [-0.2, -0.15) is 5.10 Å². The topological polar surface area (TPSA) is 90.0 Å². The molecule has 0 fully saturated rings. The maximum Gasteiger partial charge on any atom is 0.246 e. The van der Waals surface area contributed by atoms with Crippen LogP contribution in [0, 0.1) is 5.92 Å². The summed E-state index contributed by atoms with van der Waals surface area (Å²) in [6.45, 7) is 9.61. The van der Waals surface area contributed by atoms with Crippen molar-refractivity contribution in [1.82, 2.24) is 14.5 Å². The predicted octanol–water partition coefficient (Wildman–Crippen LogP) is 1.15. The zero-order chi connectivity index (χ0) is 13.9. The van der Waals surface area contributed by atoms with E-state index in [1.807, 2.05) is 20.8 Å². The van der Waals surface area contributed by atoms with E-state index in [0.717, 1.165) is 0 Å². The van der Waals surface area contributed by atoms with Crippen molar-refractivity contribution >= 4 is 15.8 Å². The van der Waals surface area contributed by atoms with Crippen molar-refractivity contribution in [3.05, 3.63) is 18.9 Å². The maximum atomic E-state index is 11.9. The monoisotopic (exact) mass is 272 g/mol. The molecule has 1 heterocycles. The zero-order valence-corrected chi connectivity index (χ0v) is 11.7. The van der Waals surface area contributed by atoms with Crippen LogP contribution in [0.5, 0.6) is 0 Å². The Balaban J connectivity index is 3.10. The minimum absolute atomic E-state index is 0.0110. The molecule has 0 aliphatic rings. The molecule has 7 heteroatoms. The van der Waals surface area contributed by atoms with E-state index in [4.69, 9.17) is 5.73 Å². The van der Waals surface area contributed by atoms with Gasteiger partial charge in [0, 0.05) is 6.54 Å². The molecule has 6 nitrogen and oxygen atoms in total. The van der Waals surface area contributed by atoms with Gasteiger partial charge in [0.25, 0.3) is 0 Å². The Bertz CT molecular complexity index is 519. The Kier molecular flexibility index (Phi) is 4.53. The van der Waals surface area contributed by atoms with E-state index in [-0.39, 0.29) is 23.3 Å². The number of anilines is 1. The first-order chi connectivity index (χ1) is 8.31. The average Bonchev–Trinajstić information content (AvgIpc) is 2.68. The van der Waals surface area contributed by atoms with Gasteiger partial charge in [-0.05, 0) is 12.8 Å². The summed E-state index contributed by atoms with van der Waals surface area (Å²) >= 11 is 0. The lowest BCUT2D eigenvalue weighted by atomic mass is 10.1. The fraction of sp³-hybridized carbons (Fsp3) is 0.545. The highest BCUT2D eigenvalue weighted by molar-refractivity contribution is 7.89. The Morgan fingerprint density at radius 1 is 1.56 bits per heavy atom. The van der Waals surface area contributed by atoms with Crippen molar-refractivity contribution in [3.63, 3.8) is 0 Å². The number of nitrogens with two attached hydrogens (primary N) is 1. The SMILES string of the molecule is C=CCNS(=O)(=O)c1cnn(C(C)C(C)C)c1N. The first kappa shape index (κ1) is 14.7. The quantitative estimate of drug-likeness (QED) is 0.760. The molecule has 1 unspecified atom stereocenters. The summed E-state index contributed by atoms with van der Waals surface area (Å²) in [6.07, 6.45) is 2.74. The van der Waals surface area contributed by atoms with E-state index in [9.17, 15) is 8.42 Å². The van der Waals surface area contributed by atoms with Crippen LogP contribution in [0.25, 0.3) is 0 Å². The maximum absolute atomic E-state index is 11.9. The van der Waals surface area contributed by atoms with Crippen molar-refractivity contribution in [2.75, 3.05) is 12.3 Å². The second kappa shape index (κ2) is 5.53. The van der Waals surface area contributed by atoms with Crippen molar-refractivity contribution in [3.8, 4) is 0 Å². The lowest BCUT2D eigenvalue weighted by Crippen LogP contribution is -2.24. The summed E-state index contributed by atoms with van der Waals surface area (Å²) in [5.74, 6) is 0.469. The van der Waals surface area contributed by atoms with Gasteiger partial charge in [0.1, 0.15) is 10.7 Å². The van der Waals surface area contributed by atoms with Crippen LogP contribution in [0.4, 0.5) is 5.82 Å². The molecule has 0 saturated carbocycles. The molecule has 0 bridgehead atoms. The molecular weight excluding hydrogens is 252 g/mol. The van der Waals surface area contributed by atoms with Crippen LogP contribution in [0.15, 0.2) is 23.7 Å². The first-order valence-electron chi connectivity index (χ1n) is 5.74. The third kappa shape index (κ3) is 2.91. The highest BCUT2D eigenvalue weighted by Crippen LogP contribution is 2.24. The van der Waals surface area contributed by atoms with Gasteiger partial charge < -0.3 is 5.73 Å². The summed E-state index contributed by atoms with van der Waals surface area (Å²) in [6, 6.07) is 0.0355. The third-order valence-electron chi connectivity index (χ3n) is 2.86. The van der Waals surface area contributed by atoms with Crippen LogP contribution in [0.1, 0.15) is 26.8 Å². The van der Waals surface area contributed by atoms with Gasteiger partial charge in [0.2, 0.25) is 10.0 Å². The average molecular weight is 272 g/mol. The Morgan fingerprint density at radius 3 is 2.67 bits per heavy atom. The number of nitrogens with one attached hydrogen (secondary N) is 1. The number of nitrogen functional groups attached to an aromatic ring is 1. The van der Waals surface area contributed by atoms with Gasteiger partial charge in [0.05, 0.1) is 12.2 Å². The van der Waals surface area contributed by atoms with Crippen LogP contribution in [-0.2, 0) is 10.0 Å². The molecule has 102 valence electrons. The minimum atomic E-state index is -3.62. The number of aromatic nitrogens is 2. The van der Waals surface area contributed by atoms with E-state index >= 15 is 0 Å². The van der Waals surface area contributed by atoms with E-state index < -0.39 is 10.0 Å². The summed E-state index contributed by atoms with van der Waals surface area (Å²) in [5.41, 5.74) is 5.86. The van der Waals surface area contributed by atoms with E-state index in [1.165, 1.54) is 17.0 Å². The van der Waals surface area contributed by atoms with Gasteiger partial charge in [-0.15, -0.1) is 6.58 Å². The van der Waals surface area contributed by atoms with Gasteiger partial charge in [-0.25, -0.2) is 17.8 Å². The Morgan fingerprint density at radius 2 is 2.17 bits per heavy atom. The molecule has 1 aromatic heterocycles. The second-order valence-electron chi connectivity index (χ2n) is 4.46. The fourth-order valence-electron chi connectivity index (χ4n) is 1.42. The van der Waals surface area contributed by atoms with Crippen LogP contribution in [0.2, 0.25) is 0 Å². The lowest BCUT2D eigenvalue weighted by Gasteiger charge is -2.17. The second-order valence-corrected chi connectivity index (χ2v) is 6.20. The van der Waals surface area contributed by atoms with Crippen LogP contribution >= 0.6 is 0 Å². The molecule has 1 rings (SSSR count). The van der Waals surface area contributed by atoms with Gasteiger partial charge >= 0.3 is 0 Å². The molecule has 0 saturated heterocycles. The summed E-state index contributed by atoms with van der Waals surface area (Å²) in [5, 5.41) is 4.06.